The van der Waals surface area contributed by atoms with Crippen LogP contribution in [0.2, 0.25) is 0 Å². The van der Waals surface area contributed by atoms with Crippen LogP contribution >= 0.6 is 0 Å². The number of hydrogen-bond donors (Lipinski definition) is 1. The first-order chi connectivity index (χ1) is 6.90. The van der Waals surface area contributed by atoms with Gasteiger partial charge in [-0.1, -0.05) is 44.9 Å². The molecule has 82 valence electrons. The van der Waals surface area contributed by atoms with Gasteiger partial charge < -0.3 is 5.32 Å². The highest BCUT2D eigenvalue weighted by Crippen LogP contribution is 2.38. The molecule has 2 saturated carbocycles. The first-order valence-electron chi connectivity index (χ1n) is 6.57. The van der Waals surface area contributed by atoms with Crippen molar-refractivity contribution in [3.63, 3.8) is 0 Å². The molecule has 2 aliphatic carbocycles. The summed E-state index contributed by atoms with van der Waals surface area (Å²) < 4.78 is 0. The van der Waals surface area contributed by atoms with E-state index >= 15 is 0 Å². The largest absolute Gasteiger partial charge is 0.317 e. The standard InChI is InChI=1S/C13H25N/c1-14-13-9-5-8-11-6-3-2-4-7-12(11)10-13/h11-14H,2-10H2,1H3. The molecule has 3 atom stereocenters. The predicted octanol–water partition coefficient (Wildman–Crippen LogP) is 3.34. The molecule has 0 aliphatic heterocycles. The van der Waals surface area contributed by atoms with Crippen LogP contribution in [-0.2, 0) is 0 Å². The smallest absolute Gasteiger partial charge is 0.00668 e. The van der Waals surface area contributed by atoms with E-state index in [2.05, 4.69) is 12.4 Å². The quantitative estimate of drug-likeness (QED) is 0.676. The number of rotatable bonds is 1. The van der Waals surface area contributed by atoms with Crippen molar-refractivity contribution in [1.82, 2.24) is 5.32 Å². The van der Waals surface area contributed by atoms with Crippen molar-refractivity contribution in [3.05, 3.63) is 0 Å². The molecule has 14 heavy (non-hydrogen) atoms. The molecule has 2 aliphatic rings. The van der Waals surface area contributed by atoms with Crippen LogP contribution in [0.5, 0.6) is 0 Å². The van der Waals surface area contributed by atoms with Crippen molar-refractivity contribution >= 4 is 0 Å². The second-order valence-electron chi connectivity index (χ2n) is 5.31. The highest BCUT2D eigenvalue weighted by atomic mass is 14.9. The van der Waals surface area contributed by atoms with Gasteiger partial charge in [0.05, 0.1) is 0 Å². The minimum atomic E-state index is 0.822. The van der Waals surface area contributed by atoms with Gasteiger partial charge in [0.2, 0.25) is 0 Å². The van der Waals surface area contributed by atoms with Gasteiger partial charge in [-0.05, 0) is 31.7 Å². The first kappa shape index (κ1) is 10.5. The molecule has 1 N–H and O–H groups in total. The molecule has 0 heterocycles. The van der Waals surface area contributed by atoms with Gasteiger partial charge in [0, 0.05) is 6.04 Å². The Morgan fingerprint density at radius 1 is 0.786 bits per heavy atom. The first-order valence-corrected chi connectivity index (χ1v) is 6.57. The SMILES string of the molecule is CNC1CCCC2CCCCCC2C1. The summed E-state index contributed by atoms with van der Waals surface area (Å²) in [6.45, 7) is 0. The van der Waals surface area contributed by atoms with Gasteiger partial charge in [-0.25, -0.2) is 0 Å². The lowest BCUT2D eigenvalue weighted by Gasteiger charge is -2.24. The Kier molecular flexibility index (Phi) is 3.86. The summed E-state index contributed by atoms with van der Waals surface area (Å²) in [7, 11) is 2.14. The minimum absolute atomic E-state index is 0.822. The van der Waals surface area contributed by atoms with E-state index in [1.807, 2.05) is 0 Å². The Hall–Kier alpha value is -0.0400. The van der Waals surface area contributed by atoms with Crippen LogP contribution in [-0.4, -0.2) is 13.1 Å². The summed E-state index contributed by atoms with van der Waals surface area (Å²) in [5, 5.41) is 3.50. The maximum absolute atomic E-state index is 3.50. The Morgan fingerprint density at radius 3 is 2.29 bits per heavy atom. The third-order valence-corrected chi connectivity index (χ3v) is 4.44. The van der Waals surface area contributed by atoms with Crippen LogP contribution in [0.1, 0.15) is 57.8 Å². The molecule has 1 heteroatoms. The van der Waals surface area contributed by atoms with E-state index in [1.54, 1.807) is 0 Å². The van der Waals surface area contributed by atoms with Crippen molar-refractivity contribution in [3.8, 4) is 0 Å². The lowest BCUT2D eigenvalue weighted by atomic mass is 9.83. The van der Waals surface area contributed by atoms with Gasteiger partial charge in [0.1, 0.15) is 0 Å². The summed E-state index contributed by atoms with van der Waals surface area (Å²) in [5.74, 6) is 2.13. The van der Waals surface area contributed by atoms with Crippen molar-refractivity contribution in [1.29, 1.82) is 0 Å². The second kappa shape index (κ2) is 5.16. The molecule has 0 radical (unpaired) electrons. The van der Waals surface area contributed by atoms with Crippen LogP contribution < -0.4 is 5.32 Å². The molecule has 3 unspecified atom stereocenters. The third-order valence-electron chi connectivity index (χ3n) is 4.44. The Bertz CT molecular complexity index is 167. The maximum atomic E-state index is 3.50. The van der Waals surface area contributed by atoms with E-state index < -0.39 is 0 Å². The molecular formula is C13H25N. The van der Waals surface area contributed by atoms with Gasteiger partial charge in [-0.2, -0.15) is 0 Å². The summed E-state index contributed by atoms with van der Waals surface area (Å²) in [6, 6.07) is 0.822. The van der Waals surface area contributed by atoms with Gasteiger partial charge in [0.15, 0.2) is 0 Å². The van der Waals surface area contributed by atoms with Gasteiger partial charge in [-0.3, -0.25) is 0 Å². The number of hydrogen-bond acceptors (Lipinski definition) is 1. The summed E-state index contributed by atoms with van der Waals surface area (Å²) >= 11 is 0. The van der Waals surface area contributed by atoms with E-state index in [0.717, 1.165) is 17.9 Å². The van der Waals surface area contributed by atoms with Crippen LogP contribution in [0, 0.1) is 11.8 Å². The highest BCUT2D eigenvalue weighted by molar-refractivity contribution is 4.82. The van der Waals surface area contributed by atoms with Crippen LogP contribution in [0.25, 0.3) is 0 Å². The topological polar surface area (TPSA) is 12.0 Å². The lowest BCUT2D eigenvalue weighted by molar-refractivity contribution is 0.282. The molecule has 1 nitrogen and oxygen atoms in total. The molecule has 0 spiro atoms. The highest BCUT2D eigenvalue weighted by Gasteiger charge is 2.28. The maximum Gasteiger partial charge on any atom is 0.00668 e. The summed E-state index contributed by atoms with van der Waals surface area (Å²) in [5.41, 5.74) is 0. The van der Waals surface area contributed by atoms with E-state index in [9.17, 15) is 0 Å². The zero-order valence-electron chi connectivity index (χ0n) is 9.60. The minimum Gasteiger partial charge on any atom is -0.317 e. The fourth-order valence-corrected chi connectivity index (χ4v) is 3.52. The number of nitrogens with one attached hydrogen (secondary N) is 1. The van der Waals surface area contributed by atoms with Gasteiger partial charge in [0.25, 0.3) is 0 Å². The predicted molar refractivity (Wildman–Crippen MR) is 61.4 cm³/mol. The van der Waals surface area contributed by atoms with Gasteiger partial charge in [-0.15, -0.1) is 0 Å². The monoisotopic (exact) mass is 195 g/mol. The van der Waals surface area contributed by atoms with Crippen molar-refractivity contribution in [2.24, 2.45) is 11.8 Å². The fourth-order valence-electron chi connectivity index (χ4n) is 3.52. The van der Waals surface area contributed by atoms with Crippen LogP contribution in [0.15, 0.2) is 0 Å². The van der Waals surface area contributed by atoms with Gasteiger partial charge >= 0.3 is 0 Å². The van der Waals surface area contributed by atoms with E-state index in [1.165, 1.54) is 57.8 Å². The van der Waals surface area contributed by atoms with Crippen molar-refractivity contribution in [2.75, 3.05) is 7.05 Å². The molecule has 0 bridgehead atoms. The summed E-state index contributed by atoms with van der Waals surface area (Å²) in [6.07, 6.45) is 13.4. The second-order valence-corrected chi connectivity index (χ2v) is 5.31. The van der Waals surface area contributed by atoms with E-state index in [4.69, 9.17) is 0 Å². The molecule has 2 rings (SSSR count). The summed E-state index contributed by atoms with van der Waals surface area (Å²) in [4.78, 5) is 0. The average molecular weight is 195 g/mol. The lowest BCUT2D eigenvalue weighted by Crippen LogP contribution is -2.27. The average Bonchev–Trinajstić information content (AvgIpc) is 2.50. The van der Waals surface area contributed by atoms with Crippen LogP contribution in [0.3, 0.4) is 0 Å². The zero-order chi connectivity index (χ0) is 9.80. The van der Waals surface area contributed by atoms with Crippen LogP contribution in [0.4, 0.5) is 0 Å². The molecule has 0 aromatic heterocycles. The molecule has 2 fully saturated rings. The number of fused-ring (bicyclic) bond motifs is 1. The van der Waals surface area contributed by atoms with Crippen molar-refractivity contribution < 1.29 is 0 Å². The zero-order valence-corrected chi connectivity index (χ0v) is 9.60. The fraction of sp³-hybridized carbons (Fsp3) is 1.00. The molecule has 0 aromatic rings. The normalized spacial score (nSPS) is 39.6. The Balaban J connectivity index is 1.96. The third kappa shape index (κ3) is 2.50. The molecule has 0 aromatic carbocycles. The van der Waals surface area contributed by atoms with E-state index in [-0.39, 0.29) is 0 Å². The Morgan fingerprint density at radius 2 is 1.50 bits per heavy atom. The Labute approximate surface area is 88.7 Å². The molecule has 0 amide bonds. The molecular weight excluding hydrogens is 170 g/mol. The van der Waals surface area contributed by atoms with E-state index in [0.29, 0.717) is 0 Å². The molecule has 0 saturated heterocycles. The van der Waals surface area contributed by atoms with Crippen molar-refractivity contribution in [2.45, 2.75) is 63.8 Å².